The number of hydrogen-bond donors (Lipinski definition) is 3. The molecule has 594 valence electrons. The summed E-state index contributed by atoms with van der Waals surface area (Å²) in [6.07, 6.45) is 62.6. The summed E-state index contributed by atoms with van der Waals surface area (Å²) in [5, 5.41) is 10.6. The Kier molecular flexibility index (Phi) is 71.2. The summed E-state index contributed by atoms with van der Waals surface area (Å²) < 4.78 is 68.7. The quantitative estimate of drug-likeness (QED) is 0.0222. The van der Waals surface area contributed by atoms with Crippen molar-refractivity contribution in [1.29, 1.82) is 0 Å². The van der Waals surface area contributed by atoms with Gasteiger partial charge in [-0.3, -0.25) is 37.3 Å². The molecule has 0 aliphatic rings. The van der Waals surface area contributed by atoms with Crippen LogP contribution in [0.1, 0.15) is 427 Å². The minimum Gasteiger partial charge on any atom is -0.462 e. The van der Waals surface area contributed by atoms with Crippen LogP contribution in [0.5, 0.6) is 0 Å². The zero-order valence-corrected chi connectivity index (χ0v) is 67.3. The molecule has 0 aliphatic carbocycles. The van der Waals surface area contributed by atoms with Crippen LogP contribution in [0.4, 0.5) is 0 Å². The number of rotatable bonds is 80. The molecule has 2 unspecified atom stereocenters. The summed E-state index contributed by atoms with van der Waals surface area (Å²) in [7, 11) is -9.92. The summed E-state index contributed by atoms with van der Waals surface area (Å²) in [6.45, 7) is 9.57. The van der Waals surface area contributed by atoms with Crippen LogP contribution in [0.25, 0.3) is 0 Å². The maximum atomic E-state index is 13.1. The third-order valence-electron chi connectivity index (χ3n) is 19.0. The van der Waals surface area contributed by atoms with Gasteiger partial charge in [0.25, 0.3) is 0 Å². The van der Waals surface area contributed by atoms with Crippen LogP contribution in [0.3, 0.4) is 0 Å². The first-order valence-corrected chi connectivity index (χ1v) is 45.0. The maximum Gasteiger partial charge on any atom is 0.472 e. The number of phosphoric ester groups is 2. The highest BCUT2D eigenvalue weighted by atomic mass is 31.2. The van der Waals surface area contributed by atoms with E-state index in [1.807, 2.05) is 0 Å². The molecule has 0 aliphatic heterocycles. The molecular formula is C81H158O17P2. The zero-order valence-electron chi connectivity index (χ0n) is 65.5. The van der Waals surface area contributed by atoms with E-state index in [1.54, 1.807) is 0 Å². The van der Waals surface area contributed by atoms with Crippen LogP contribution in [-0.4, -0.2) is 96.7 Å². The molecule has 0 heterocycles. The van der Waals surface area contributed by atoms with Gasteiger partial charge < -0.3 is 33.8 Å². The molecular weight excluding hydrogens is 1310 g/mol. The number of carbonyl (C=O) groups excluding carboxylic acids is 4. The summed E-state index contributed by atoms with van der Waals surface area (Å²) >= 11 is 0. The molecule has 0 bridgehead atoms. The molecule has 17 nitrogen and oxygen atoms in total. The fraction of sp³-hybridized carbons (Fsp3) is 0.951. The largest absolute Gasteiger partial charge is 0.472 e. The predicted octanol–water partition coefficient (Wildman–Crippen LogP) is 24.3. The van der Waals surface area contributed by atoms with Crippen molar-refractivity contribution in [3.8, 4) is 0 Å². The fourth-order valence-corrected chi connectivity index (χ4v) is 14.1. The van der Waals surface area contributed by atoms with Gasteiger partial charge in [-0.05, 0) is 37.5 Å². The molecule has 0 aromatic carbocycles. The second-order valence-corrected chi connectivity index (χ2v) is 33.0. The molecule has 3 N–H and O–H groups in total. The van der Waals surface area contributed by atoms with Gasteiger partial charge in [-0.2, -0.15) is 0 Å². The van der Waals surface area contributed by atoms with Crippen molar-refractivity contribution >= 4 is 39.5 Å². The number of phosphoric acid groups is 2. The van der Waals surface area contributed by atoms with Crippen molar-refractivity contribution < 1.29 is 80.2 Å². The molecule has 0 aromatic heterocycles. The molecule has 5 atom stereocenters. The minimum atomic E-state index is -4.96. The first kappa shape index (κ1) is 98.1. The third kappa shape index (κ3) is 74.3. The van der Waals surface area contributed by atoms with Gasteiger partial charge in [-0.1, -0.05) is 375 Å². The van der Waals surface area contributed by atoms with Crippen molar-refractivity contribution in [2.45, 2.75) is 445 Å². The minimum absolute atomic E-state index is 0.107. The number of carbonyl (C=O) groups is 4. The van der Waals surface area contributed by atoms with E-state index in [9.17, 15) is 43.2 Å². The maximum absolute atomic E-state index is 13.1. The Morgan fingerprint density at radius 3 is 0.680 bits per heavy atom. The molecule has 0 saturated carbocycles. The Bertz CT molecular complexity index is 1920. The van der Waals surface area contributed by atoms with Crippen LogP contribution < -0.4 is 0 Å². The van der Waals surface area contributed by atoms with Crippen LogP contribution in [0.2, 0.25) is 0 Å². The van der Waals surface area contributed by atoms with Crippen LogP contribution in [-0.2, 0) is 65.4 Å². The molecule has 0 saturated heterocycles. The van der Waals surface area contributed by atoms with Gasteiger partial charge in [0.2, 0.25) is 0 Å². The summed E-state index contributed by atoms with van der Waals surface area (Å²) in [5.41, 5.74) is 0. The SMILES string of the molecule is CCCCCCCCCCCCCCCCCCCCCCC(=O)O[C@H](COC(=O)CCCCCCCCCCCCCCCC(C)C)COP(=O)(O)OC[C@@H](O)COP(=O)(O)OC[C@@H](COC(=O)CCCCCCCCC(C)C)OC(=O)CCCCCCCCCCCCCCCCC. The zero-order chi connectivity index (χ0) is 73.5. The van der Waals surface area contributed by atoms with Crippen molar-refractivity contribution in [3.05, 3.63) is 0 Å². The van der Waals surface area contributed by atoms with Gasteiger partial charge in [0, 0.05) is 25.7 Å². The highest BCUT2D eigenvalue weighted by Gasteiger charge is 2.30. The van der Waals surface area contributed by atoms with Crippen molar-refractivity contribution in [1.82, 2.24) is 0 Å². The standard InChI is InChI=1S/C81H158O17P2/c1-7-9-11-13-15-17-19-21-23-24-25-26-27-29-33-38-42-46-54-60-65-80(85)97-76(69-91-78(83)63-57-51-44-40-36-34-30-31-35-39-43-49-55-61-73(3)4)71-95-99(87,88)93-67-75(82)68-94-100(89,90)96-72-77(70-92-79(84)64-58-52-48-47-50-56-62-74(5)6)98-81(86)66-59-53-45-41-37-32-28-22-20-18-16-14-12-10-8-2/h73-77,82H,7-72H2,1-6H3,(H,87,88)(H,89,90)/t75-,76-,77-/m1/s1. The molecule has 0 rings (SSSR count). The van der Waals surface area contributed by atoms with Crippen molar-refractivity contribution in [3.63, 3.8) is 0 Å². The lowest BCUT2D eigenvalue weighted by Gasteiger charge is -2.21. The normalized spacial score (nSPS) is 13.9. The topological polar surface area (TPSA) is 237 Å². The lowest BCUT2D eigenvalue weighted by molar-refractivity contribution is -0.161. The number of ether oxygens (including phenoxy) is 4. The number of aliphatic hydroxyl groups excluding tert-OH is 1. The Labute approximate surface area is 613 Å². The molecule has 0 spiro atoms. The second kappa shape index (κ2) is 72.6. The van der Waals surface area contributed by atoms with E-state index >= 15 is 0 Å². The van der Waals surface area contributed by atoms with Crippen LogP contribution in [0.15, 0.2) is 0 Å². The van der Waals surface area contributed by atoms with E-state index in [0.717, 1.165) is 102 Å². The Hall–Kier alpha value is -1.94. The van der Waals surface area contributed by atoms with Gasteiger partial charge in [-0.15, -0.1) is 0 Å². The highest BCUT2D eigenvalue weighted by molar-refractivity contribution is 7.47. The van der Waals surface area contributed by atoms with E-state index in [0.29, 0.717) is 31.6 Å². The lowest BCUT2D eigenvalue weighted by atomic mass is 10.0. The Morgan fingerprint density at radius 2 is 0.460 bits per heavy atom. The molecule has 100 heavy (non-hydrogen) atoms. The monoisotopic (exact) mass is 1470 g/mol. The number of hydrogen-bond acceptors (Lipinski definition) is 15. The van der Waals surface area contributed by atoms with Gasteiger partial charge in [0.1, 0.15) is 19.3 Å². The van der Waals surface area contributed by atoms with Crippen LogP contribution >= 0.6 is 15.6 Å². The second-order valence-electron chi connectivity index (χ2n) is 30.1. The Morgan fingerprint density at radius 1 is 0.270 bits per heavy atom. The molecule has 19 heteroatoms. The molecule has 0 radical (unpaired) electrons. The van der Waals surface area contributed by atoms with Crippen molar-refractivity contribution in [2.75, 3.05) is 39.6 Å². The van der Waals surface area contributed by atoms with E-state index in [-0.39, 0.29) is 25.7 Å². The lowest BCUT2D eigenvalue weighted by Crippen LogP contribution is -2.30. The summed E-state index contributed by atoms with van der Waals surface area (Å²) in [6, 6.07) is 0. The average Bonchev–Trinajstić information content (AvgIpc) is 0.935. The van der Waals surface area contributed by atoms with Crippen LogP contribution in [0, 0.1) is 11.8 Å². The number of aliphatic hydroxyl groups is 1. The summed E-state index contributed by atoms with van der Waals surface area (Å²) in [5.74, 6) is -0.640. The predicted molar refractivity (Wildman–Crippen MR) is 409 cm³/mol. The summed E-state index contributed by atoms with van der Waals surface area (Å²) in [4.78, 5) is 73.0. The first-order chi connectivity index (χ1) is 48.4. The van der Waals surface area contributed by atoms with Gasteiger partial charge >= 0.3 is 39.5 Å². The van der Waals surface area contributed by atoms with E-state index < -0.39 is 97.5 Å². The molecule has 0 aromatic rings. The average molecular weight is 1470 g/mol. The van der Waals surface area contributed by atoms with Gasteiger partial charge in [-0.25, -0.2) is 9.13 Å². The third-order valence-corrected chi connectivity index (χ3v) is 20.9. The highest BCUT2D eigenvalue weighted by Crippen LogP contribution is 2.45. The molecule has 0 fully saturated rings. The Balaban J connectivity index is 5.22. The van der Waals surface area contributed by atoms with Gasteiger partial charge in [0.15, 0.2) is 12.2 Å². The molecule has 0 amide bonds. The van der Waals surface area contributed by atoms with E-state index in [4.69, 9.17) is 37.0 Å². The number of esters is 4. The van der Waals surface area contributed by atoms with E-state index in [1.165, 1.54) is 238 Å². The number of unbranched alkanes of at least 4 members (excludes halogenated alkanes) is 50. The van der Waals surface area contributed by atoms with Crippen molar-refractivity contribution in [2.24, 2.45) is 11.8 Å². The fourth-order valence-electron chi connectivity index (χ4n) is 12.5. The first-order valence-electron chi connectivity index (χ1n) is 42.0. The smallest absolute Gasteiger partial charge is 0.462 e. The van der Waals surface area contributed by atoms with Gasteiger partial charge in [0.05, 0.1) is 26.4 Å². The van der Waals surface area contributed by atoms with E-state index in [2.05, 4.69) is 41.5 Å².